The van der Waals surface area contributed by atoms with Crippen LogP contribution < -0.4 is 10.6 Å². The molecule has 20 heavy (non-hydrogen) atoms. The predicted molar refractivity (Wildman–Crippen MR) is 83.5 cm³/mol. The number of fused-ring (bicyclic) bond motifs is 2. The highest BCUT2D eigenvalue weighted by atomic mass is 35.5. The summed E-state index contributed by atoms with van der Waals surface area (Å²) in [6.07, 6.45) is 4.97. The Morgan fingerprint density at radius 2 is 2.05 bits per heavy atom. The second-order valence-corrected chi connectivity index (χ2v) is 6.39. The lowest BCUT2D eigenvalue weighted by Gasteiger charge is -2.36. The first-order valence-electron chi connectivity index (χ1n) is 7.60. The van der Waals surface area contributed by atoms with Crippen LogP contribution in [0.4, 0.5) is 5.69 Å². The number of nitrogens with two attached hydrogens (primary N) is 1. The van der Waals surface area contributed by atoms with Crippen LogP contribution in [0.5, 0.6) is 0 Å². The van der Waals surface area contributed by atoms with Gasteiger partial charge in [-0.2, -0.15) is 0 Å². The minimum absolute atomic E-state index is 0.199. The molecule has 2 heterocycles. The van der Waals surface area contributed by atoms with Crippen molar-refractivity contribution in [2.24, 2.45) is 5.73 Å². The molecule has 4 heteroatoms. The molecule has 110 valence electrons. The van der Waals surface area contributed by atoms with E-state index in [0.717, 1.165) is 31.0 Å². The standard InChI is InChI=1S/C16H23ClN2O/c1-2-12(18)8-11-4-3-5-15(17)16(11)19-9-13-6-7-14(10-19)20-13/h3-5,12-14H,2,6-10,18H2,1H3. The van der Waals surface area contributed by atoms with Crippen LogP contribution in [0.25, 0.3) is 0 Å². The maximum Gasteiger partial charge on any atom is 0.0755 e. The maximum absolute atomic E-state index is 6.48. The van der Waals surface area contributed by atoms with Crippen molar-refractivity contribution in [3.63, 3.8) is 0 Å². The molecule has 3 nitrogen and oxygen atoms in total. The van der Waals surface area contributed by atoms with Gasteiger partial charge in [0.15, 0.2) is 0 Å². The lowest BCUT2D eigenvalue weighted by Crippen LogP contribution is -2.43. The molecule has 0 aromatic heterocycles. The topological polar surface area (TPSA) is 38.5 Å². The van der Waals surface area contributed by atoms with Gasteiger partial charge in [0.25, 0.3) is 0 Å². The molecule has 2 N–H and O–H groups in total. The summed E-state index contributed by atoms with van der Waals surface area (Å²) < 4.78 is 5.92. The fraction of sp³-hybridized carbons (Fsp3) is 0.625. The SMILES string of the molecule is CCC(N)Cc1cccc(Cl)c1N1CC2CCC(C1)O2. The normalized spacial score (nSPS) is 26.9. The van der Waals surface area contributed by atoms with Crippen LogP contribution in [-0.4, -0.2) is 31.3 Å². The molecule has 2 bridgehead atoms. The first-order valence-corrected chi connectivity index (χ1v) is 7.98. The first kappa shape index (κ1) is 14.2. The van der Waals surface area contributed by atoms with Crippen molar-refractivity contribution in [3.8, 4) is 0 Å². The zero-order valence-electron chi connectivity index (χ0n) is 12.0. The molecule has 3 atom stereocenters. The predicted octanol–water partition coefficient (Wildman–Crippen LogP) is 2.99. The first-order chi connectivity index (χ1) is 9.67. The minimum Gasteiger partial charge on any atom is -0.371 e. The van der Waals surface area contributed by atoms with Crippen molar-refractivity contribution in [3.05, 3.63) is 28.8 Å². The van der Waals surface area contributed by atoms with E-state index in [2.05, 4.69) is 17.9 Å². The Balaban J connectivity index is 1.87. The van der Waals surface area contributed by atoms with Crippen molar-refractivity contribution >= 4 is 17.3 Å². The fourth-order valence-corrected chi connectivity index (χ4v) is 3.62. The second kappa shape index (κ2) is 5.92. The van der Waals surface area contributed by atoms with Gasteiger partial charge in [-0.05, 0) is 37.3 Å². The molecule has 2 aliphatic heterocycles. The summed E-state index contributed by atoms with van der Waals surface area (Å²) in [4.78, 5) is 2.41. The number of rotatable bonds is 4. The molecule has 0 amide bonds. The van der Waals surface area contributed by atoms with Gasteiger partial charge in [0.05, 0.1) is 22.9 Å². The van der Waals surface area contributed by atoms with E-state index in [1.807, 2.05) is 12.1 Å². The smallest absolute Gasteiger partial charge is 0.0755 e. The van der Waals surface area contributed by atoms with E-state index in [1.54, 1.807) is 0 Å². The highest BCUT2D eigenvalue weighted by molar-refractivity contribution is 6.33. The van der Waals surface area contributed by atoms with Crippen molar-refractivity contribution in [2.45, 2.75) is 50.9 Å². The number of morpholine rings is 1. The van der Waals surface area contributed by atoms with Gasteiger partial charge in [0.2, 0.25) is 0 Å². The molecule has 2 fully saturated rings. The van der Waals surface area contributed by atoms with E-state index in [0.29, 0.717) is 12.2 Å². The van der Waals surface area contributed by atoms with Gasteiger partial charge < -0.3 is 15.4 Å². The van der Waals surface area contributed by atoms with Crippen LogP contribution in [0, 0.1) is 0 Å². The summed E-state index contributed by atoms with van der Waals surface area (Å²) >= 11 is 6.48. The van der Waals surface area contributed by atoms with Crippen LogP contribution in [0.15, 0.2) is 18.2 Å². The van der Waals surface area contributed by atoms with E-state index >= 15 is 0 Å². The number of hydrogen-bond acceptors (Lipinski definition) is 3. The van der Waals surface area contributed by atoms with Gasteiger partial charge in [0, 0.05) is 19.1 Å². The molecule has 0 radical (unpaired) electrons. The monoisotopic (exact) mass is 294 g/mol. The summed E-state index contributed by atoms with van der Waals surface area (Å²) in [5.74, 6) is 0. The Labute approximate surface area is 126 Å². The van der Waals surface area contributed by atoms with Gasteiger partial charge in [-0.25, -0.2) is 0 Å². The zero-order chi connectivity index (χ0) is 14.1. The molecular weight excluding hydrogens is 272 g/mol. The van der Waals surface area contributed by atoms with Crippen molar-refractivity contribution in [1.29, 1.82) is 0 Å². The average Bonchev–Trinajstić information content (AvgIpc) is 2.77. The van der Waals surface area contributed by atoms with Crippen molar-refractivity contribution in [1.82, 2.24) is 0 Å². The zero-order valence-corrected chi connectivity index (χ0v) is 12.8. The van der Waals surface area contributed by atoms with Crippen molar-refractivity contribution in [2.75, 3.05) is 18.0 Å². The number of para-hydroxylation sites is 1. The summed E-state index contributed by atoms with van der Waals surface area (Å²) in [6.45, 7) is 4.03. The summed E-state index contributed by atoms with van der Waals surface area (Å²) in [7, 11) is 0. The second-order valence-electron chi connectivity index (χ2n) is 5.98. The van der Waals surface area contributed by atoms with Gasteiger partial charge >= 0.3 is 0 Å². The Kier molecular flexibility index (Phi) is 4.20. The number of halogens is 1. The molecule has 3 rings (SSSR count). The minimum atomic E-state index is 0.199. The summed E-state index contributed by atoms with van der Waals surface area (Å²) in [5.41, 5.74) is 8.58. The molecule has 3 unspecified atom stereocenters. The van der Waals surface area contributed by atoms with E-state index in [1.165, 1.54) is 24.1 Å². The lowest BCUT2D eigenvalue weighted by molar-refractivity contribution is 0.0304. The number of hydrogen-bond donors (Lipinski definition) is 1. The van der Waals surface area contributed by atoms with Crippen LogP contribution in [0.3, 0.4) is 0 Å². The van der Waals surface area contributed by atoms with Gasteiger partial charge in [-0.15, -0.1) is 0 Å². The quantitative estimate of drug-likeness (QED) is 0.928. The Bertz CT molecular complexity index is 468. The molecule has 0 spiro atoms. The highest BCUT2D eigenvalue weighted by Gasteiger charge is 2.35. The average molecular weight is 295 g/mol. The van der Waals surface area contributed by atoms with E-state index < -0.39 is 0 Å². The maximum atomic E-state index is 6.48. The number of anilines is 1. The Hall–Kier alpha value is -0.770. The third-order valence-corrected chi connectivity index (χ3v) is 4.74. The molecular formula is C16H23ClN2O. The lowest BCUT2D eigenvalue weighted by atomic mass is 10.0. The molecule has 1 aromatic rings. The number of ether oxygens (including phenoxy) is 1. The van der Waals surface area contributed by atoms with Gasteiger partial charge in [-0.3, -0.25) is 0 Å². The molecule has 2 aliphatic rings. The molecule has 1 aromatic carbocycles. The molecule has 2 saturated heterocycles. The van der Waals surface area contributed by atoms with Crippen LogP contribution in [-0.2, 0) is 11.2 Å². The highest BCUT2D eigenvalue weighted by Crippen LogP contribution is 2.36. The summed E-state index contributed by atoms with van der Waals surface area (Å²) in [6, 6.07) is 6.37. The van der Waals surface area contributed by atoms with E-state index in [-0.39, 0.29) is 6.04 Å². The molecule has 0 aliphatic carbocycles. The number of nitrogens with zero attached hydrogens (tertiary/aromatic N) is 1. The van der Waals surface area contributed by atoms with E-state index in [4.69, 9.17) is 22.1 Å². The van der Waals surface area contributed by atoms with Crippen LogP contribution in [0.1, 0.15) is 31.7 Å². The van der Waals surface area contributed by atoms with Crippen molar-refractivity contribution < 1.29 is 4.74 Å². The Morgan fingerprint density at radius 1 is 1.35 bits per heavy atom. The van der Waals surface area contributed by atoms with Crippen LogP contribution >= 0.6 is 11.6 Å². The van der Waals surface area contributed by atoms with Gasteiger partial charge in [-0.1, -0.05) is 30.7 Å². The number of benzene rings is 1. The summed E-state index contributed by atoms with van der Waals surface area (Å²) in [5, 5.41) is 0.840. The Morgan fingerprint density at radius 3 is 2.70 bits per heavy atom. The molecule has 0 saturated carbocycles. The van der Waals surface area contributed by atoms with Crippen LogP contribution in [0.2, 0.25) is 5.02 Å². The third-order valence-electron chi connectivity index (χ3n) is 4.44. The largest absolute Gasteiger partial charge is 0.371 e. The fourth-order valence-electron chi connectivity index (χ4n) is 3.30. The van der Waals surface area contributed by atoms with E-state index in [9.17, 15) is 0 Å². The van der Waals surface area contributed by atoms with Gasteiger partial charge in [0.1, 0.15) is 0 Å². The third kappa shape index (κ3) is 2.80.